The van der Waals surface area contributed by atoms with Crippen molar-refractivity contribution in [2.75, 3.05) is 5.73 Å². The van der Waals surface area contributed by atoms with E-state index < -0.39 is 0 Å². The van der Waals surface area contributed by atoms with Crippen LogP contribution in [0.5, 0.6) is 0 Å². The van der Waals surface area contributed by atoms with E-state index >= 15 is 0 Å². The zero-order chi connectivity index (χ0) is 5.98. The van der Waals surface area contributed by atoms with E-state index in [0.717, 1.165) is 10.8 Å². The molecular formula is C2H4N4S2. The van der Waals surface area contributed by atoms with Crippen LogP contribution >= 0.6 is 22.5 Å². The smallest absolute Gasteiger partial charge is 0.220 e. The van der Waals surface area contributed by atoms with Gasteiger partial charge in [-0.1, -0.05) is 0 Å². The molecule has 0 radical (unpaired) electrons. The predicted octanol–water partition coefficient (Wildman–Crippen LogP) is 0.324. The van der Waals surface area contributed by atoms with Crippen molar-refractivity contribution in [2.45, 2.75) is 5.16 Å². The van der Waals surface area contributed by atoms with E-state index in [4.69, 9.17) is 5.73 Å². The van der Waals surface area contributed by atoms with Gasteiger partial charge in [0, 0.05) is 0 Å². The van der Waals surface area contributed by atoms with Crippen LogP contribution < -0.4 is 5.73 Å². The summed E-state index contributed by atoms with van der Waals surface area (Å²) in [6.07, 6.45) is 0. The van der Waals surface area contributed by atoms with Crippen LogP contribution in [0.25, 0.3) is 0 Å². The zero-order valence-electron chi connectivity index (χ0n) is 3.83. The van der Waals surface area contributed by atoms with Gasteiger partial charge in [0.2, 0.25) is 11.1 Å². The number of hydrogen-bond donors (Lipinski definition) is 3. The molecule has 0 aliphatic heterocycles. The van der Waals surface area contributed by atoms with Gasteiger partial charge in [0.25, 0.3) is 0 Å². The number of rotatable bonds is 1. The van der Waals surface area contributed by atoms with Crippen molar-refractivity contribution in [1.82, 2.24) is 15.2 Å². The number of thiol groups is 1. The van der Waals surface area contributed by atoms with Crippen LogP contribution in [-0.4, -0.2) is 15.2 Å². The monoisotopic (exact) mass is 148 g/mol. The van der Waals surface area contributed by atoms with E-state index in [1.807, 2.05) is 0 Å². The summed E-state index contributed by atoms with van der Waals surface area (Å²) < 4.78 is 0. The standard InChI is InChI=1S/C2H4N4S2/c3-1-4-2(8-7)6-5-1/h7H,(H3,3,4,5,6). The molecule has 1 aromatic rings. The Labute approximate surface area is 55.1 Å². The van der Waals surface area contributed by atoms with Crippen molar-refractivity contribution < 1.29 is 0 Å². The lowest BCUT2D eigenvalue weighted by Gasteiger charge is -1.74. The number of aromatic nitrogens is 3. The predicted molar refractivity (Wildman–Crippen MR) is 35.6 cm³/mol. The second-order valence-corrected chi connectivity index (χ2v) is 2.19. The second kappa shape index (κ2) is 2.27. The molecule has 6 heteroatoms. The molecule has 0 spiro atoms. The summed E-state index contributed by atoms with van der Waals surface area (Å²) in [6.45, 7) is 0. The molecule has 0 aliphatic carbocycles. The Morgan fingerprint density at radius 3 is 2.75 bits per heavy atom. The van der Waals surface area contributed by atoms with Crippen LogP contribution in [0.2, 0.25) is 0 Å². The van der Waals surface area contributed by atoms with Crippen molar-refractivity contribution in [2.24, 2.45) is 0 Å². The minimum atomic E-state index is 0.321. The first kappa shape index (κ1) is 5.77. The quantitative estimate of drug-likeness (QED) is 0.396. The number of nitrogens with one attached hydrogen (secondary N) is 1. The first-order valence-electron chi connectivity index (χ1n) is 1.82. The average Bonchev–Trinajstić information content (AvgIpc) is 2.14. The van der Waals surface area contributed by atoms with Crippen LogP contribution in [0, 0.1) is 0 Å². The Balaban J connectivity index is 2.84. The van der Waals surface area contributed by atoms with E-state index in [9.17, 15) is 0 Å². The number of H-pyrrole nitrogens is 1. The molecule has 0 aromatic carbocycles. The number of aromatic amines is 1. The molecule has 1 rings (SSSR count). The minimum Gasteiger partial charge on any atom is -0.368 e. The summed E-state index contributed by atoms with van der Waals surface area (Å²) in [5.41, 5.74) is 5.18. The molecule has 0 saturated heterocycles. The lowest BCUT2D eigenvalue weighted by Crippen LogP contribution is -1.84. The molecule has 44 valence electrons. The van der Waals surface area contributed by atoms with Gasteiger partial charge in [-0.15, -0.1) is 16.8 Å². The van der Waals surface area contributed by atoms with Crippen LogP contribution in [0.15, 0.2) is 5.16 Å². The summed E-state index contributed by atoms with van der Waals surface area (Å²) >= 11 is 3.84. The van der Waals surface area contributed by atoms with E-state index in [2.05, 4.69) is 26.8 Å². The van der Waals surface area contributed by atoms with Gasteiger partial charge in [-0.2, -0.15) is 4.98 Å². The largest absolute Gasteiger partial charge is 0.368 e. The Morgan fingerprint density at radius 1 is 1.75 bits per heavy atom. The van der Waals surface area contributed by atoms with Crippen molar-refractivity contribution in [3.8, 4) is 0 Å². The summed E-state index contributed by atoms with van der Waals surface area (Å²) in [5.74, 6) is 0.321. The van der Waals surface area contributed by atoms with E-state index in [0.29, 0.717) is 11.1 Å². The number of hydrogen-bond acceptors (Lipinski definition) is 5. The summed E-state index contributed by atoms with van der Waals surface area (Å²) in [5, 5.41) is 6.67. The highest BCUT2D eigenvalue weighted by molar-refractivity contribution is 8.68. The van der Waals surface area contributed by atoms with Gasteiger partial charge in [-0.25, -0.2) is 5.10 Å². The van der Waals surface area contributed by atoms with Gasteiger partial charge in [0.05, 0.1) is 0 Å². The molecule has 0 aliphatic rings. The third-order valence-corrected chi connectivity index (χ3v) is 1.40. The summed E-state index contributed by atoms with van der Waals surface area (Å²) in [4.78, 5) is 3.73. The highest BCUT2D eigenvalue weighted by Crippen LogP contribution is 2.15. The maximum absolute atomic E-state index is 5.18. The molecule has 0 unspecified atom stereocenters. The first-order chi connectivity index (χ1) is 3.83. The minimum absolute atomic E-state index is 0.321. The molecular weight excluding hydrogens is 144 g/mol. The fourth-order valence-electron chi connectivity index (χ4n) is 0.299. The Hall–Kier alpha value is -0.360. The second-order valence-electron chi connectivity index (χ2n) is 1.09. The summed E-state index contributed by atoms with van der Waals surface area (Å²) in [6, 6.07) is 0. The molecule has 0 amide bonds. The lowest BCUT2D eigenvalue weighted by atomic mass is 11.1. The Morgan fingerprint density at radius 2 is 2.50 bits per heavy atom. The van der Waals surface area contributed by atoms with Crippen molar-refractivity contribution in [3.05, 3.63) is 0 Å². The zero-order valence-corrected chi connectivity index (χ0v) is 5.54. The highest BCUT2D eigenvalue weighted by atomic mass is 33.1. The van der Waals surface area contributed by atoms with Crippen molar-refractivity contribution >= 4 is 28.4 Å². The molecule has 1 aromatic heterocycles. The van der Waals surface area contributed by atoms with Crippen molar-refractivity contribution in [3.63, 3.8) is 0 Å². The molecule has 0 fully saturated rings. The fourth-order valence-corrected chi connectivity index (χ4v) is 0.770. The third kappa shape index (κ3) is 1.07. The molecule has 0 atom stereocenters. The van der Waals surface area contributed by atoms with Gasteiger partial charge in [0.15, 0.2) is 0 Å². The van der Waals surface area contributed by atoms with Gasteiger partial charge >= 0.3 is 0 Å². The van der Waals surface area contributed by atoms with E-state index in [1.54, 1.807) is 0 Å². The molecule has 0 saturated carbocycles. The lowest BCUT2D eigenvalue weighted by molar-refractivity contribution is 0.979. The Bertz CT molecular complexity index is 172. The molecule has 3 N–H and O–H groups in total. The van der Waals surface area contributed by atoms with Crippen LogP contribution in [0.3, 0.4) is 0 Å². The van der Waals surface area contributed by atoms with Crippen LogP contribution in [-0.2, 0) is 0 Å². The normalized spacial score (nSPS) is 9.62. The highest BCUT2D eigenvalue weighted by Gasteiger charge is 1.94. The maximum Gasteiger partial charge on any atom is 0.220 e. The van der Waals surface area contributed by atoms with Gasteiger partial charge in [-0.3, -0.25) is 0 Å². The summed E-state index contributed by atoms with van der Waals surface area (Å²) in [7, 11) is 1.15. The number of nitrogens with zero attached hydrogens (tertiary/aromatic N) is 2. The molecule has 8 heavy (non-hydrogen) atoms. The van der Waals surface area contributed by atoms with Gasteiger partial charge in [-0.05, 0) is 10.8 Å². The topological polar surface area (TPSA) is 67.6 Å². The molecule has 1 heterocycles. The maximum atomic E-state index is 5.18. The van der Waals surface area contributed by atoms with E-state index in [-0.39, 0.29) is 0 Å². The SMILES string of the molecule is Nc1nc(SS)n[nH]1. The first-order valence-corrected chi connectivity index (χ1v) is 3.69. The number of nitrogen functional groups attached to an aromatic ring is 1. The third-order valence-electron chi connectivity index (χ3n) is 0.564. The molecule has 4 nitrogen and oxygen atoms in total. The average molecular weight is 148 g/mol. The number of anilines is 1. The van der Waals surface area contributed by atoms with E-state index in [1.165, 1.54) is 0 Å². The van der Waals surface area contributed by atoms with Gasteiger partial charge < -0.3 is 5.73 Å². The number of nitrogens with two attached hydrogens (primary N) is 1. The van der Waals surface area contributed by atoms with Crippen molar-refractivity contribution in [1.29, 1.82) is 0 Å². The molecule has 0 bridgehead atoms. The van der Waals surface area contributed by atoms with Crippen LogP contribution in [0.1, 0.15) is 0 Å². The van der Waals surface area contributed by atoms with Crippen LogP contribution in [0.4, 0.5) is 5.95 Å². The fraction of sp³-hybridized carbons (Fsp3) is 0. The van der Waals surface area contributed by atoms with Gasteiger partial charge in [0.1, 0.15) is 0 Å². The Kier molecular flexibility index (Phi) is 1.64.